The predicted molar refractivity (Wildman–Crippen MR) is 51.3 cm³/mol. The van der Waals surface area contributed by atoms with E-state index in [2.05, 4.69) is 4.99 Å². The maximum absolute atomic E-state index is 10.4. The van der Waals surface area contributed by atoms with Crippen molar-refractivity contribution in [3.63, 3.8) is 0 Å². The molecule has 1 N–H and O–H groups in total. The summed E-state index contributed by atoms with van der Waals surface area (Å²) in [5, 5.41) is 8.57. The second-order valence-corrected chi connectivity index (χ2v) is 3.00. The highest BCUT2D eigenvalue weighted by atomic mass is 16.5. The van der Waals surface area contributed by atoms with Crippen LogP contribution >= 0.6 is 0 Å². The van der Waals surface area contributed by atoms with Crippen molar-refractivity contribution < 1.29 is 14.6 Å². The third kappa shape index (κ3) is 1.74. The summed E-state index contributed by atoms with van der Waals surface area (Å²) in [5.41, 5.74) is 0.745. The Hall–Kier alpha value is -1.84. The van der Waals surface area contributed by atoms with Crippen LogP contribution in [0.2, 0.25) is 0 Å². The van der Waals surface area contributed by atoms with Crippen molar-refractivity contribution >= 4 is 17.9 Å². The zero-order valence-electron chi connectivity index (χ0n) is 7.38. The molecule has 0 saturated carbocycles. The summed E-state index contributed by atoms with van der Waals surface area (Å²) >= 11 is 0. The molecule has 4 heteroatoms. The normalized spacial score (nSPS) is 18.4. The minimum atomic E-state index is -0.888. The van der Waals surface area contributed by atoms with Crippen LogP contribution < -0.4 is 4.74 Å². The van der Waals surface area contributed by atoms with Crippen LogP contribution in [0.5, 0.6) is 5.75 Å². The minimum Gasteiger partial charge on any atom is -0.482 e. The van der Waals surface area contributed by atoms with Gasteiger partial charge in [0.15, 0.2) is 0 Å². The van der Waals surface area contributed by atoms with Gasteiger partial charge in [-0.1, -0.05) is 12.1 Å². The number of aliphatic carboxylic acids is 1. The Kier molecular flexibility index (Phi) is 2.18. The number of ether oxygens (including phenoxy) is 1. The zero-order valence-corrected chi connectivity index (χ0v) is 7.38. The van der Waals surface area contributed by atoms with E-state index in [1.54, 1.807) is 6.07 Å². The summed E-state index contributed by atoms with van der Waals surface area (Å²) in [4.78, 5) is 14.6. The number of carboxylic acids is 1. The molecule has 1 aliphatic heterocycles. The molecule has 2 rings (SSSR count). The lowest BCUT2D eigenvalue weighted by molar-refractivity contribution is -0.138. The van der Waals surface area contributed by atoms with Crippen LogP contribution in [0, 0.1) is 0 Å². The van der Waals surface area contributed by atoms with Gasteiger partial charge >= 0.3 is 5.97 Å². The van der Waals surface area contributed by atoms with Gasteiger partial charge in [0.25, 0.3) is 0 Å². The number of hydrogen-bond acceptors (Lipinski definition) is 3. The van der Waals surface area contributed by atoms with Gasteiger partial charge in [-0.05, 0) is 12.1 Å². The highest BCUT2D eigenvalue weighted by Crippen LogP contribution is 2.30. The summed E-state index contributed by atoms with van der Waals surface area (Å²) in [6.45, 7) is 0. The zero-order chi connectivity index (χ0) is 9.97. The Morgan fingerprint density at radius 1 is 1.50 bits per heavy atom. The van der Waals surface area contributed by atoms with Crippen molar-refractivity contribution in [2.75, 3.05) is 0 Å². The van der Waals surface area contributed by atoms with Gasteiger partial charge in [0, 0.05) is 6.21 Å². The second-order valence-electron chi connectivity index (χ2n) is 3.00. The maximum atomic E-state index is 10.4. The molecule has 14 heavy (non-hydrogen) atoms. The number of nitrogens with zero attached hydrogens (tertiary/aromatic N) is 1. The number of carboxylic acid groups (broad SMARTS) is 1. The van der Waals surface area contributed by atoms with Gasteiger partial charge in [0.05, 0.1) is 6.42 Å². The average Bonchev–Trinajstić information content (AvgIpc) is 2.17. The molecule has 1 aliphatic rings. The van der Waals surface area contributed by atoms with Crippen LogP contribution in [0.25, 0.3) is 0 Å². The molecule has 0 radical (unpaired) electrons. The van der Waals surface area contributed by atoms with Crippen molar-refractivity contribution in [2.45, 2.75) is 12.5 Å². The van der Waals surface area contributed by atoms with E-state index in [0.717, 1.165) is 5.69 Å². The quantitative estimate of drug-likeness (QED) is 0.772. The molecular weight excluding hydrogens is 182 g/mol. The molecular formula is C10H9NO3. The van der Waals surface area contributed by atoms with E-state index in [4.69, 9.17) is 9.84 Å². The Morgan fingerprint density at radius 3 is 3.07 bits per heavy atom. The maximum Gasteiger partial charge on any atom is 0.307 e. The van der Waals surface area contributed by atoms with E-state index in [0.29, 0.717) is 5.75 Å². The molecule has 0 bridgehead atoms. The van der Waals surface area contributed by atoms with E-state index in [1.807, 2.05) is 18.2 Å². The number of fused-ring (bicyclic) bond motifs is 1. The lowest BCUT2D eigenvalue weighted by atomic mass is 10.2. The molecule has 0 aliphatic carbocycles. The Morgan fingerprint density at radius 2 is 2.29 bits per heavy atom. The van der Waals surface area contributed by atoms with E-state index < -0.39 is 12.1 Å². The fraction of sp³-hybridized carbons (Fsp3) is 0.200. The molecule has 0 amide bonds. The molecule has 72 valence electrons. The molecule has 0 fully saturated rings. The second kappa shape index (κ2) is 3.49. The Balaban J connectivity index is 2.17. The number of para-hydroxylation sites is 2. The van der Waals surface area contributed by atoms with Gasteiger partial charge in [-0.3, -0.25) is 9.79 Å². The van der Waals surface area contributed by atoms with Crippen molar-refractivity contribution in [3.8, 4) is 5.75 Å². The SMILES string of the molecule is O=C(O)CC1C=Nc2ccccc2O1. The first kappa shape index (κ1) is 8.74. The molecule has 0 saturated heterocycles. The van der Waals surface area contributed by atoms with Crippen LogP contribution in [0.4, 0.5) is 5.69 Å². The molecule has 1 aromatic rings. The summed E-state index contributed by atoms with van der Waals surface area (Å²) in [7, 11) is 0. The standard InChI is InChI=1S/C10H9NO3/c12-10(13)5-7-6-11-8-3-1-2-4-9(8)14-7/h1-4,6-7H,5H2,(H,12,13). The van der Waals surface area contributed by atoms with E-state index in [1.165, 1.54) is 6.21 Å². The van der Waals surface area contributed by atoms with Crippen molar-refractivity contribution in [3.05, 3.63) is 24.3 Å². The van der Waals surface area contributed by atoms with Crippen molar-refractivity contribution in [1.82, 2.24) is 0 Å². The van der Waals surface area contributed by atoms with Gasteiger partial charge in [0.2, 0.25) is 0 Å². The summed E-state index contributed by atoms with van der Waals surface area (Å²) in [6.07, 6.45) is 1.01. The number of carbonyl (C=O) groups is 1. The summed E-state index contributed by atoms with van der Waals surface area (Å²) in [6, 6.07) is 7.29. The molecule has 1 unspecified atom stereocenters. The summed E-state index contributed by atoms with van der Waals surface area (Å²) < 4.78 is 5.41. The molecule has 1 atom stereocenters. The molecule has 4 nitrogen and oxygen atoms in total. The Bertz CT molecular complexity index is 387. The third-order valence-corrected chi connectivity index (χ3v) is 1.90. The largest absolute Gasteiger partial charge is 0.482 e. The molecule has 1 aromatic carbocycles. The smallest absolute Gasteiger partial charge is 0.307 e. The third-order valence-electron chi connectivity index (χ3n) is 1.90. The van der Waals surface area contributed by atoms with Crippen LogP contribution in [0.15, 0.2) is 29.3 Å². The van der Waals surface area contributed by atoms with Gasteiger partial charge in [-0.25, -0.2) is 0 Å². The number of aliphatic imine (C=N–C) groups is 1. The first-order valence-corrected chi connectivity index (χ1v) is 4.27. The average molecular weight is 191 g/mol. The fourth-order valence-electron chi connectivity index (χ4n) is 1.29. The molecule has 0 spiro atoms. The van der Waals surface area contributed by atoms with Gasteiger partial charge in [0.1, 0.15) is 17.5 Å². The van der Waals surface area contributed by atoms with Gasteiger partial charge < -0.3 is 9.84 Å². The van der Waals surface area contributed by atoms with Gasteiger partial charge in [-0.2, -0.15) is 0 Å². The van der Waals surface area contributed by atoms with E-state index in [-0.39, 0.29) is 6.42 Å². The number of rotatable bonds is 2. The lowest BCUT2D eigenvalue weighted by Crippen LogP contribution is -2.24. The number of benzene rings is 1. The lowest BCUT2D eigenvalue weighted by Gasteiger charge is -2.18. The fourth-order valence-corrected chi connectivity index (χ4v) is 1.29. The first-order valence-electron chi connectivity index (χ1n) is 4.27. The van der Waals surface area contributed by atoms with Crippen molar-refractivity contribution in [2.24, 2.45) is 4.99 Å². The van der Waals surface area contributed by atoms with Crippen LogP contribution in [-0.4, -0.2) is 23.4 Å². The van der Waals surface area contributed by atoms with Crippen LogP contribution in [0.1, 0.15) is 6.42 Å². The molecule has 0 aromatic heterocycles. The minimum absolute atomic E-state index is 0.0577. The van der Waals surface area contributed by atoms with E-state index in [9.17, 15) is 4.79 Å². The van der Waals surface area contributed by atoms with Crippen molar-refractivity contribution in [1.29, 1.82) is 0 Å². The topological polar surface area (TPSA) is 58.9 Å². The summed E-state index contributed by atoms with van der Waals surface area (Å²) in [5.74, 6) is -0.248. The first-order chi connectivity index (χ1) is 6.75. The Labute approximate surface area is 80.8 Å². The van der Waals surface area contributed by atoms with Gasteiger partial charge in [-0.15, -0.1) is 0 Å². The predicted octanol–water partition coefficient (Wildman–Crippen LogP) is 1.62. The van der Waals surface area contributed by atoms with E-state index >= 15 is 0 Å². The van der Waals surface area contributed by atoms with Crippen LogP contribution in [-0.2, 0) is 4.79 Å². The monoisotopic (exact) mass is 191 g/mol. The number of hydrogen-bond donors (Lipinski definition) is 1. The highest BCUT2D eigenvalue weighted by Gasteiger charge is 2.17. The molecule has 1 heterocycles. The highest BCUT2D eigenvalue weighted by molar-refractivity contribution is 5.79. The van der Waals surface area contributed by atoms with Crippen LogP contribution in [0.3, 0.4) is 0 Å².